The number of nitriles is 1. The molecule has 0 saturated carbocycles. The fraction of sp³-hybridized carbons (Fsp3) is 0.545. The van der Waals surface area contributed by atoms with Gasteiger partial charge in [0.15, 0.2) is 0 Å². The molecular formula is C11H16N2O. The Morgan fingerprint density at radius 2 is 2.29 bits per heavy atom. The summed E-state index contributed by atoms with van der Waals surface area (Å²) >= 11 is 0. The van der Waals surface area contributed by atoms with E-state index in [1.807, 2.05) is 12.1 Å². The Hall–Kier alpha value is -1.27. The van der Waals surface area contributed by atoms with E-state index in [2.05, 4.69) is 12.2 Å². The van der Waals surface area contributed by atoms with Crippen molar-refractivity contribution in [1.82, 2.24) is 5.32 Å². The second-order valence-corrected chi connectivity index (χ2v) is 3.26. The van der Waals surface area contributed by atoms with Crippen LogP contribution in [0.25, 0.3) is 0 Å². The third-order valence-corrected chi connectivity index (χ3v) is 2.03. The molecule has 0 saturated heterocycles. The minimum Gasteiger partial charge on any atom is -0.449 e. The van der Waals surface area contributed by atoms with E-state index in [1.165, 1.54) is 19.3 Å². The van der Waals surface area contributed by atoms with Crippen LogP contribution >= 0.6 is 0 Å². The van der Waals surface area contributed by atoms with Crippen LogP contribution in [0.4, 0.5) is 0 Å². The van der Waals surface area contributed by atoms with Crippen molar-refractivity contribution in [2.45, 2.75) is 32.7 Å². The molecular weight excluding hydrogens is 176 g/mol. The number of unbranched alkanes of at least 4 members (excludes halogenated alkanes) is 2. The zero-order chi connectivity index (χ0) is 10.2. The Kier molecular flexibility index (Phi) is 4.81. The maximum Gasteiger partial charge on any atom is 0.203 e. The van der Waals surface area contributed by atoms with Gasteiger partial charge in [0.05, 0.1) is 6.54 Å². The number of rotatable bonds is 6. The Morgan fingerprint density at radius 3 is 2.93 bits per heavy atom. The van der Waals surface area contributed by atoms with Gasteiger partial charge >= 0.3 is 0 Å². The SMILES string of the molecule is CCCCCNCc1ccc(C#N)o1. The zero-order valence-corrected chi connectivity index (χ0v) is 8.55. The van der Waals surface area contributed by atoms with Gasteiger partial charge in [-0.1, -0.05) is 19.8 Å². The molecule has 0 aromatic carbocycles. The summed E-state index contributed by atoms with van der Waals surface area (Å²) in [5.41, 5.74) is 0. The number of nitrogens with zero attached hydrogens (tertiary/aromatic N) is 1. The van der Waals surface area contributed by atoms with Crippen molar-refractivity contribution in [3.63, 3.8) is 0 Å². The van der Waals surface area contributed by atoms with Crippen molar-refractivity contribution in [1.29, 1.82) is 5.26 Å². The molecule has 0 unspecified atom stereocenters. The highest BCUT2D eigenvalue weighted by Crippen LogP contribution is 2.05. The minimum absolute atomic E-state index is 0.385. The molecule has 0 radical (unpaired) electrons. The monoisotopic (exact) mass is 192 g/mol. The largest absolute Gasteiger partial charge is 0.449 e. The van der Waals surface area contributed by atoms with E-state index in [0.29, 0.717) is 12.3 Å². The smallest absolute Gasteiger partial charge is 0.203 e. The summed E-state index contributed by atoms with van der Waals surface area (Å²) in [7, 11) is 0. The normalized spacial score (nSPS) is 10.0. The second-order valence-electron chi connectivity index (χ2n) is 3.26. The maximum absolute atomic E-state index is 8.53. The maximum atomic E-state index is 8.53. The van der Waals surface area contributed by atoms with Gasteiger partial charge in [0, 0.05) is 0 Å². The minimum atomic E-state index is 0.385. The average Bonchev–Trinajstić information content (AvgIpc) is 2.65. The Bertz CT molecular complexity index is 298. The van der Waals surface area contributed by atoms with Crippen LogP contribution in [0.15, 0.2) is 16.5 Å². The van der Waals surface area contributed by atoms with Crippen LogP contribution in [0.2, 0.25) is 0 Å². The van der Waals surface area contributed by atoms with Gasteiger partial charge in [-0.3, -0.25) is 0 Å². The quantitative estimate of drug-likeness (QED) is 0.704. The number of hydrogen-bond acceptors (Lipinski definition) is 3. The summed E-state index contributed by atoms with van der Waals surface area (Å²) < 4.78 is 5.22. The molecule has 0 fully saturated rings. The van der Waals surface area contributed by atoms with E-state index >= 15 is 0 Å². The zero-order valence-electron chi connectivity index (χ0n) is 8.55. The molecule has 0 bridgehead atoms. The Labute approximate surface area is 84.7 Å². The standard InChI is InChI=1S/C11H16N2O/c1-2-3-4-7-13-9-11-6-5-10(8-12)14-11/h5-6,13H,2-4,7,9H2,1H3. The molecule has 0 aliphatic rings. The van der Waals surface area contributed by atoms with E-state index in [1.54, 1.807) is 6.07 Å². The van der Waals surface area contributed by atoms with Gasteiger partial charge in [-0.15, -0.1) is 0 Å². The number of nitrogens with one attached hydrogen (secondary N) is 1. The summed E-state index contributed by atoms with van der Waals surface area (Å²) in [5.74, 6) is 1.22. The summed E-state index contributed by atoms with van der Waals surface area (Å²) in [4.78, 5) is 0. The lowest BCUT2D eigenvalue weighted by Gasteiger charge is -2.00. The molecule has 3 heteroatoms. The van der Waals surface area contributed by atoms with Crippen molar-refractivity contribution >= 4 is 0 Å². The number of furan rings is 1. The van der Waals surface area contributed by atoms with Crippen molar-refractivity contribution in [2.75, 3.05) is 6.54 Å². The molecule has 76 valence electrons. The topological polar surface area (TPSA) is 49.0 Å². The summed E-state index contributed by atoms with van der Waals surface area (Å²) in [6.07, 6.45) is 3.69. The van der Waals surface area contributed by atoms with Gasteiger partial charge in [-0.05, 0) is 25.1 Å². The average molecular weight is 192 g/mol. The fourth-order valence-corrected chi connectivity index (χ4v) is 1.24. The Morgan fingerprint density at radius 1 is 1.43 bits per heavy atom. The van der Waals surface area contributed by atoms with E-state index in [4.69, 9.17) is 9.68 Å². The molecule has 0 aliphatic heterocycles. The summed E-state index contributed by atoms with van der Waals surface area (Å²) in [6, 6.07) is 5.50. The highest BCUT2D eigenvalue weighted by Gasteiger charge is 1.99. The van der Waals surface area contributed by atoms with Gasteiger partial charge in [0.1, 0.15) is 11.8 Å². The lowest BCUT2D eigenvalue weighted by atomic mass is 10.2. The molecule has 1 heterocycles. The third kappa shape index (κ3) is 3.63. The lowest BCUT2D eigenvalue weighted by Crippen LogP contribution is -2.13. The molecule has 0 spiro atoms. The molecule has 0 amide bonds. The van der Waals surface area contributed by atoms with Crippen LogP contribution in [-0.4, -0.2) is 6.54 Å². The van der Waals surface area contributed by atoms with E-state index < -0.39 is 0 Å². The molecule has 1 N–H and O–H groups in total. The molecule has 1 rings (SSSR count). The van der Waals surface area contributed by atoms with Gasteiger partial charge in [0.25, 0.3) is 0 Å². The summed E-state index contributed by atoms with van der Waals surface area (Å²) in [5, 5.41) is 11.8. The van der Waals surface area contributed by atoms with Gasteiger partial charge in [-0.25, -0.2) is 0 Å². The molecule has 14 heavy (non-hydrogen) atoms. The second kappa shape index (κ2) is 6.22. The first-order valence-electron chi connectivity index (χ1n) is 5.06. The molecule has 1 aromatic rings. The first-order valence-corrected chi connectivity index (χ1v) is 5.06. The van der Waals surface area contributed by atoms with Crippen molar-refractivity contribution in [3.05, 3.63) is 23.7 Å². The first kappa shape index (κ1) is 10.8. The van der Waals surface area contributed by atoms with Crippen molar-refractivity contribution in [2.24, 2.45) is 0 Å². The molecule has 3 nitrogen and oxygen atoms in total. The van der Waals surface area contributed by atoms with Crippen molar-refractivity contribution < 1.29 is 4.42 Å². The highest BCUT2D eigenvalue weighted by atomic mass is 16.3. The van der Waals surface area contributed by atoms with Gasteiger partial charge in [0.2, 0.25) is 5.76 Å². The van der Waals surface area contributed by atoms with Gasteiger partial charge in [-0.2, -0.15) is 5.26 Å². The van der Waals surface area contributed by atoms with Crippen LogP contribution in [0.5, 0.6) is 0 Å². The summed E-state index contributed by atoms with van der Waals surface area (Å²) in [6.45, 7) is 3.91. The van der Waals surface area contributed by atoms with E-state index in [0.717, 1.165) is 12.3 Å². The van der Waals surface area contributed by atoms with E-state index in [-0.39, 0.29) is 0 Å². The Balaban J connectivity index is 2.16. The van der Waals surface area contributed by atoms with Crippen LogP contribution < -0.4 is 5.32 Å². The van der Waals surface area contributed by atoms with Crippen LogP contribution in [0, 0.1) is 11.3 Å². The predicted molar refractivity (Wildman–Crippen MR) is 54.7 cm³/mol. The number of hydrogen-bond donors (Lipinski definition) is 1. The van der Waals surface area contributed by atoms with Crippen molar-refractivity contribution in [3.8, 4) is 6.07 Å². The van der Waals surface area contributed by atoms with Crippen LogP contribution in [-0.2, 0) is 6.54 Å². The first-order chi connectivity index (χ1) is 6.86. The predicted octanol–water partition coefficient (Wildman–Crippen LogP) is 2.43. The third-order valence-electron chi connectivity index (χ3n) is 2.03. The van der Waals surface area contributed by atoms with Crippen LogP contribution in [0.3, 0.4) is 0 Å². The fourth-order valence-electron chi connectivity index (χ4n) is 1.24. The highest BCUT2D eigenvalue weighted by molar-refractivity contribution is 5.18. The lowest BCUT2D eigenvalue weighted by molar-refractivity contribution is 0.470. The van der Waals surface area contributed by atoms with Gasteiger partial charge < -0.3 is 9.73 Å². The molecule has 0 aliphatic carbocycles. The van der Waals surface area contributed by atoms with Crippen LogP contribution in [0.1, 0.15) is 37.7 Å². The molecule has 0 atom stereocenters. The van der Waals surface area contributed by atoms with E-state index in [9.17, 15) is 0 Å². The molecule has 1 aromatic heterocycles.